The Balaban J connectivity index is 2.41. The number of benzene rings is 1. The lowest BCUT2D eigenvalue weighted by atomic mass is 10.2. The SMILES string of the molecule is Cc1nc(-c2ccccc2)sc1C(=O)C=CO. The zero-order chi connectivity index (χ0) is 12.3. The predicted octanol–water partition coefficient (Wildman–Crippen LogP) is 3.37. The van der Waals surface area contributed by atoms with Gasteiger partial charge in [0.1, 0.15) is 5.01 Å². The molecule has 1 N–H and O–H groups in total. The van der Waals surface area contributed by atoms with Gasteiger partial charge in [0.05, 0.1) is 16.8 Å². The molecule has 1 heterocycles. The molecule has 0 bridgehead atoms. The molecule has 4 heteroatoms. The summed E-state index contributed by atoms with van der Waals surface area (Å²) in [6.45, 7) is 1.79. The minimum Gasteiger partial charge on any atom is -0.515 e. The molecule has 0 atom stereocenters. The van der Waals surface area contributed by atoms with Crippen molar-refractivity contribution in [3.8, 4) is 10.6 Å². The van der Waals surface area contributed by atoms with Crippen LogP contribution in [0, 0.1) is 6.92 Å². The van der Waals surface area contributed by atoms with E-state index >= 15 is 0 Å². The Bertz CT molecular complexity index is 558. The van der Waals surface area contributed by atoms with Crippen LogP contribution in [0.1, 0.15) is 15.4 Å². The number of carbonyl (C=O) groups is 1. The molecule has 0 fully saturated rings. The maximum atomic E-state index is 11.6. The van der Waals surface area contributed by atoms with Crippen molar-refractivity contribution in [2.24, 2.45) is 0 Å². The molecular formula is C13H11NO2S. The molecule has 1 aromatic heterocycles. The Hall–Kier alpha value is -1.94. The second-order valence-electron chi connectivity index (χ2n) is 3.48. The van der Waals surface area contributed by atoms with Gasteiger partial charge in [0.25, 0.3) is 0 Å². The van der Waals surface area contributed by atoms with E-state index in [1.54, 1.807) is 6.92 Å². The Kier molecular flexibility index (Phi) is 3.35. The number of hydrogen-bond donors (Lipinski definition) is 1. The zero-order valence-corrected chi connectivity index (χ0v) is 10.1. The topological polar surface area (TPSA) is 50.2 Å². The number of thiazole rings is 1. The second-order valence-corrected chi connectivity index (χ2v) is 4.48. The second kappa shape index (κ2) is 4.93. The number of nitrogens with zero attached hydrogens (tertiary/aromatic N) is 1. The first-order chi connectivity index (χ1) is 8.22. The monoisotopic (exact) mass is 245 g/mol. The maximum Gasteiger partial charge on any atom is 0.200 e. The van der Waals surface area contributed by atoms with Crippen molar-refractivity contribution in [1.82, 2.24) is 4.98 Å². The van der Waals surface area contributed by atoms with Gasteiger partial charge in [0, 0.05) is 11.6 Å². The predicted molar refractivity (Wildman–Crippen MR) is 68.4 cm³/mol. The molecule has 0 aliphatic rings. The highest BCUT2D eigenvalue weighted by atomic mass is 32.1. The highest BCUT2D eigenvalue weighted by Crippen LogP contribution is 2.28. The van der Waals surface area contributed by atoms with Crippen LogP contribution in [0.15, 0.2) is 42.7 Å². The van der Waals surface area contributed by atoms with Gasteiger partial charge >= 0.3 is 0 Å². The molecule has 0 unspecified atom stereocenters. The van der Waals surface area contributed by atoms with E-state index in [0.29, 0.717) is 10.6 Å². The van der Waals surface area contributed by atoms with Gasteiger partial charge in [0.15, 0.2) is 0 Å². The average molecular weight is 245 g/mol. The van der Waals surface area contributed by atoms with Crippen molar-refractivity contribution in [1.29, 1.82) is 0 Å². The minimum absolute atomic E-state index is 0.218. The van der Waals surface area contributed by atoms with E-state index in [4.69, 9.17) is 5.11 Å². The van der Waals surface area contributed by atoms with Crippen LogP contribution in [0.3, 0.4) is 0 Å². The van der Waals surface area contributed by atoms with Crippen LogP contribution in [0.2, 0.25) is 0 Å². The van der Waals surface area contributed by atoms with Gasteiger partial charge in [-0.25, -0.2) is 4.98 Å². The first kappa shape index (κ1) is 11.5. The summed E-state index contributed by atoms with van der Waals surface area (Å²) in [7, 11) is 0. The van der Waals surface area contributed by atoms with Crippen LogP contribution in [0.25, 0.3) is 10.6 Å². The lowest BCUT2D eigenvalue weighted by Crippen LogP contribution is -1.92. The third kappa shape index (κ3) is 2.42. The third-order valence-corrected chi connectivity index (χ3v) is 3.49. The summed E-state index contributed by atoms with van der Waals surface area (Å²) in [6.07, 6.45) is 1.89. The van der Waals surface area contributed by atoms with Crippen molar-refractivity contribution in [3.05, 3.63) is 53.2 Å². The number of aliphatic hydroxyl groups is 1. The van der Waals surface area contributed by atoms with Crippen LogP contribution in [-0.2, 0) is 0 Å². The van der Waals surface area contributed by atoms with Crippen molar-refractivity contribution in [3.63, 3.8) is 0 Å². The molecule has 2 rings (SSSR count). The van der Waals surface area contributed by atoms with E-state index in [2.05, 4.69) is 4.98 Å². The number of hydrogen-bond acceptors (Lipinski definition) is 4. The molecule has 1 aromatic carbocycles. The first-order valence-corrected chi connectivity index (χ1v) is 5.92. The summed E-state index contributed by atoms with van der Waals surface area (Å²) in [4.78, 5) is 16.6. The first-order valence-electron chi connectivity index (χ1n) is 5.10. The molecule has 2 aromatic rings. The summed E-state index contributed by atoms with van der Waals surface area (Å²) < 4.78 is 0. The van der Waals surface area contributed by atoms with E-state index < -0.39 is 0 Å². The normalized spacial score (nSPS) is 10.9. The smallest absolute Gasteiger partial charge is 0.200 e. The standard InChI is InChI=1S/C13H11NO2S/c1-9-12(11(16)7-8-15)17-13(14-9)10-5-3-2-4-6-10/h2-8,15H,1H3. The van der Waals surface area contributed by atoms with Gasteiger partial charge in [-0.05, 0) is 6.92 Å². The summed E-state index contributed by atoms with van der Waals surface area (Å²) in [5.74, 6) is -0.218. The van der Waals surface area contributed by atoms with Crippen molar-refractivity contribution >= 4 is 17.1 Å². The van der Waals surface area contributed by atoms with E-state index in [9.17, 15) is 4.79 Å². The third-order valence-electron chi connectivity index (χ3n) is 2.27. The summed E-state index contributed by atoms with van der Waals surface area (Å²) in [5, 5.41) is 9.41. The Morgan fingerprint density at radius 1 is 1.35 bits per heavy atom. The summed E-state index contributed by atoms with van der Waals surface area (Å²) >= 11 is 1.34. The molecule has 0 spiro atoms. The van der Waals surface area contributed by atoms with Gasteiger partial charge in [-0.15, -0.1) is 11.3 Å². The van der Waals surface area contributed by atoms with Crippen molar-refractivity contribution < 1.29 is 9.90 Å². The summed E-state index contributed by atoms with van der Waals surface area (Å²) in [5.41, 5.74) is 1.68. The fourth-order valence-corrected chi connectivity index (χ4v) is 2.46. The lowest BCUT2D eigenvalue weighted by Gasteiger charge is -1.92. The molecule has 86 valence electrons. The number of aliphatic hydroxyl groups excluding tert-OH is 1. The van der Waals surface area contributed by atoms with E-state index in [1.165, 1.54) is 11.3 Å². The van der Waals surface area contributed by atoms with Crippen LogP contribution in [-0.4, -0.2) is 15.9 Å². The number of allylic oxidation sites excluding steroid dienone is 1. The molecule has 0 aliphatic carbocycles. The average Bonchev–Trinajstić information content (AvgIpc) is 2.73. The highest BCUT2D eigenvalue weighted by Gasteiger charge is 2.13. The molecule has 0 saturated heterocycles. The van der Waals surface area contributed by atoms with Crippen LogP contribution in [0.4, 0.5) is 0 Å². The molecule has 17 heavy (non-hydrogen) atoms. The number of rotatable bonds is 3. The fourth-order valence-electron chi connectivity index (χ4n) is 1.47. The molecule has 3 nitrogen and oxygen atoms in total. The van der Waals surface area contributed by atoms with Crippen molar-refractivity contribution in [2.45, 2.75) is 6.92 Å². The van der Waals surface area contributed by atoms with E-state index in [0.717, 1.165) is 22.9 Å². The van der Waals surface area contributed by atoms with Crippen LogP contribution in [0.5, 0.6) is 0 Å². The lowest BCUT2D eigenvalue weighted by molar-refractivity contribution is 0.104. The quantitative estimate of drug-likeness (QED) is 0.512. The van der Waals surface area contributed by atoms with Gasteiger partial charge in [-0.2, -0.15) is 0 Å². The minimum atomic E-state index is -0.218. The van der Waals surface area contributed by atoms with Gasteiger partial charge in [-0.3, -0.25) is 4.79 Å². The van der Waals surface area contributed by atoms with E-state index in [1.807, 2.05) is 30.3 Å². The van der Waals surface area contributed by atoms with Gasteiger partial charge < -0.3 is 5.11 Å². The fraction of sp³-hybridized carbons (Fsp3) is 0.0769. The number of aromatic nitrogens is 1. The zero-order valence-electron chi connectivity index (χ0n) is 9.25. The number of carbonyl (C=O) groups excluding carboxylic acids is 1. The molecule has 0 radical (unpaired) electrons. The van der Waals surface area contributed by atoms with Gasteiger partial charge in [-0.1, -0.05) is 30.3 Å². The van der Waals surface area contributed by atoms with Gasteiger partial charge in [0.2, 0.25) is 5.78 Å². The Morgan fingerprint density at radius 3 is 2.71 bits per heavy atom. The molecular weight excluding hydrogens is 234 g/mol. The number of aryl methyl sites for hydroxylation is 1. The van der Waals surface area contributed by atoms with Crippen LogP contribution < -0.4 is 0 Å². The molecule has 0 aliphatic heterocycles. The largest absolute Gasteiger partial charge is 0.515 e. The highest BCUT2D eigenvalue weighted by molar-refractivity contribution is 7.17. The maximum absolute atomic E-state index is 11.6. The van der Waals surface area contributed by atoms with Crippen molar-refractivity contribution in [2.75, 3.05) is 0 Å². The van der Waals surface area contributed by atoms with E-state index in [-0.39, 0.29) is 5.78 Å². The molecule has 0 saturated carbocycles. The summed E-state index contributed by atoms with van der Waals surface area (Å²) in [6, 6.07) is 9.70. The number of ketones is 1. The van der Waals surface area contributed by atoms with Crippen LogP contribution >= 0.6 is 11.3 Å². The Labute approximate surface area is 103 Å². The Morgan fingerprint density at radius 2 is 2.06 bits per heavy atom. The molecule has 0 amide bonds.